The van der Waals surface area contributed by atoms with Crippen molar-refractivity contribution < 1.29 is 8.91 Å². The van der Waals surface area contributed by atoms with Gasteiger partial charge >= 0.3 is 0 Å². The highest BCUT2D eigenvalue weighted by atomic mass is 35.5. The average Bonchev–Trinajstić information content (AvgIpc) is 2.85. The van der Waals surface area contributed by atoms with Crippen molar-refractivity contribution in [2.45, 2.75) is 0 Å². The molecule has 0 aliphatic carbocycles. The highest BCUT2D eigenvalue weighted by Crippen LogP contribution is 2.36. The van der Waals surface area contributed by atoms with Crippen LogP contribution in [0.3, 0.4) is 0 Å². The summed E-state index contributed by atoms with van der Waals surface area (Å²) in [7, 11) is 0. The number of nitrogen functional groups attached to an aromatic ring is 1. The minimum absolute atomic E-state index is 0.0422. The summed E-state index contributed by atoms with van der Waals surface area (Å²) in [6.07, 6.45) is 1.63. The van der Waals surface area contributed by atoms with Gasteiger partial charge in [0.2, 0.25) is 0 Å². The lowest BCUT2D eigenvalue weighted by atomic mass is 10.1. The maximum Gasteiger partial charge on any atom is 0.178 e. The third-order valence-electron chi connectivity index (χ3n) is 2.82. The molecule has 0 aliphatic rings. The molecule has 0 bridgehead atoms. The zero-order valence-electron chi connectivity index (χ0n) is 10.2. The van der Waals surface area contributed by atoms with E-state index in [2.05, 4.69) is 10.1 Å². The van der Waals surface area contributed by atoms with Gasteiger partial charge in [0.1, 0.15) is 5.82 Å². The van der Waals surface area contributed by atoms with Crippen molar-refractivity contribution in [1.82, 2.24) is 10.1 Å². The van der Waals surface area contributed by atoms with E-state index in [1.54, 1.807) is 24.4 Å². The molecule has 0 spiro atoms. The van der Waals surface area contributed by atoms with Crippen LogP contribution in [-0.4, -0.2) is 10.1 Å². The maximum absolute atomic E-state index is 13.6. The molecule has 20 heavy (non-hydrogen) atoms. The van der Waals surface area contributed by atoms with Gasteiger partial charge in [0, 0.05) is 11.8 Å². The number of nitrogens with two attached hydrogens (primary N) is 1. The zero-order chi connectivity index (χ0) is 14.1. The third kappa shape index (κ3) is 2.12. The van der Waals surface area contributed by atoms with Crippen molar-refractivity contribution in [2.24, 2.45) is 0 Å². The molecule has 0 aliphatic heterocycles. The molecule has 0 atom stereocenters. The van der Waals surface area contributed by atoms with E-state index >= 15 is 0 Å². The summed E-state index contributed by atoms with van der Waals surface area (Å²) in [4.78, 5) is 4.21. The van der Waals surface area contributed by atoms with Crippen molar-refractivity contribution in [3.63, 3.8) is 0 Å². The Hall–Kier alpha value is -2.40. The second kappa shape index (κ2) is 4.94. The first-order valence-corrected chi connectivity index (χ1v) is 6.16. The first-order valence-electron chi connectivity index (χ1n) is 5.79. The highest BCUT2D eigenvalue weighted by molar-refractivity contribution is 6.30. The summed E-state index contributed by atoms with van der Waals surface area (Å²) in [6.45, 7) is 0. The number of halogens is 2. The molecule has 100 valence electrons. The van der Waals surface area contributed by atoms with Crippen LogP contribution in [0.25, 0.3) is 22.6 Å². The van der Waals surface area contributed by atoms with Crippen molar-refractivity contribution in [3.05, 3.63) is 53.4 Å². The quantitative estimate of drug-likeness (QED) is 0.780. The van der Waals surface area contributed by atoms with Crippen LogP contribution >= 0.6 is 11.6 Å². The molecular weight excluding hydrogens is 281 g/mol. The number of pyridine rings is 1. The Kier molecular flexibility index (Phi) is 3.12. The van der Waals surface area contributed by atoms with Gasteiger partial charge < -0.3 is 10.3 Å². The average molecular weight is 290 g/mol. The second-order valence-corrected chi connectivity index (χ2v) is 4.52. The molecular formula is C14H9ClFN3O. The van der Waals surface area contributed by atoms with Gasteiger partial charge in [0.25, 0.3) is 0 Å². The monoisotopic (exact) mass is 289 g/mol. The first-order chi connectivity index (χ1) is 9.66. The van der Waals surface area contributed by atoms with E-state index in [9.17, 15) is 4.39 Å². The molecule has 6 heteroatoms. The number of nitrogens with zero attached hydrogens (tertiary/aromatic N) is 2. The Balaban J connectivity index is 2.18. The minimum atomic E-state index is -0.536. The summed E-state index contributed by atoms with van der Waals surface area (Å²) >= 11 is 5.67. The van der Waals surface area contributed by atoms with E-state index in [1.807, 2.05) is 6.07 Å². The van der Waals surface area contributed by atoms with Crippen molar-refractivity contribution in [3.8, 4) is 22.6 Å². The summed E-state index contributed by atoms with van der Waals surface area (Å²) < 4.78 is 18.8. The molecule has 3 rings (SSSR count). The fraction of sp³-hybridized carbons (Fsp3) is 0. The molecule has 0 saturated carbocycles. The molecule has 0 saturated heterocycles. The standard InChI is InChI=1S/C14H9ClFN3O/c15-9-5-4-8(7-10(9)16)13-12(14(17)19-20-13)11-3-1-2-6-18-11/h1-7H,(H2,17,19). The number of hydrogen-bond donors (Lipinski definition) is 1. The summed E-state index contributed by atoms with van der Waals surface area (Å²) in [6, 6.07) is 9.74. The van der Waals surface area contributed by atoms with Crippen LogP contribution in [0.15, 0.2) is 47.1 Å². The number of aromatic nitrogens is 2. The zero-order valence-corrected chi connectivity index (χ0v) is 10.9. The van der Waals surface area contributed by atoms with Crippen molar-refractivity contribution >= 4 is 17.4 Å². The van der Waals surface area contributed by atoms with Gasteiger partial charge in [0.05, 0.1) is 16.3 Å². The van der Waals surface area contributed by atoms with Gasteiger partial charge in [-0.1, -0.05) is 22.8 Å². The van der Waals surface area contributed by atoms with E-state index in [0.29, 0.717) is 22.6 Å². The molecule has 3 aromatic rings. The number of anilines is 1. The van der Waals surface area contributed by atoms with Gasteiger partial charge in [-0.05, 0) is 30.3 Å². The maximum atomic E-state index is 13.6. The lowest BCUT2D eigenvalue weighted by Crippen LogP contribution is -1.91. The Morgan fingerprint density at radius 3 is 2.75 bits per heavy atom. The van der Waals surface area contributed by atoms with Crippen LogP contribution in [0.4, 0.5) is 10.2 Å². The second-order valence-electron chi connectivity index (χ2n) is 4.12. The highest BCUT2D eigenvalue weighted by Gasteiger charge is 2.19. The topological polar surface area (TPSA) is 64.9 Å². The molecule has 0 amide bonds. The number of hydrogen-bond acceptors (Lipinski definition) is 4. The molecule has 0 unspecified atom stereocenters. The Morgan fingerprint density at radius 1 is 1.20 bits per heavy atom. The molecule has 2 aromatic heterocycles. The molecule has 2 N–H and O–H groups in total. The largest absolute Gasteiger partial charge is 0.380 e. The summed E-state index contributed by atoms with van der Waals surface area (Å²) in [5.74, 6) is 0.0249. The van der Waals surface area contributed by atoms with E-state index < -0.39 is 5.82 Å². The fourth-order valence-electron chi connectivity index (χ4n) is 1.90. The van der Waals surface area contributed by atoms with E-state index in [4.69, 9.17) is 21.9 Å². The Bertz CT molecular complexity index is 758. The normalized spacial score (nSPS) is 10.7. The van der Waals surface area contributed by atoms with Crippen LogP contribution in [0.2, 0.25) is 5.02 Å². The van der Waals surface area contributed by atoms with Gasteiger partial charge in [-0.3, -0.25) is 4.98 Å². The fourth-order valence-corrected chi connectivity index (χ4v) is 2.01. The third-order valence-corrected chi connectivity index (χ3v) is 3.13. The first kappa shape index (κ1) is 12.6. The van der Waals surface area contributed by atoms with Crippen molar-refractivity contribution in [2.75, 3.05) is 5.73 Å². The summed E-state index contributed by atoms with van der Waals surface area (Å²) in [5, 5.41) is 3.77. The smallest absolute Gasteiger partial charge is 0.178 e. The van der Waals surface area contributed by atoms with E-state index in [-0.39, 0.29) is 10.8 Å². The molecule has 2 heterocycles. The Labute approximate surface area is 119 Å². The van der Waals surface area contributed by atoms with Crippen LogP contribution < -0.4 is 5.73 Å². The van der Waals surface area contributed by atoms with E-state index in [1.165, 1.54) is 12.1 Å². The number of rotatable bonds is 2. The van der Waals surface area contributed by atoms with E-state index in [0.717, 1.165) is 0 Å². The molecule has 1 aromatic carbocycles. The van der Waals surface area contributed by atoms with Crippen LogP contribution in [-0.2, 0) is 0 Å². The van der Waals surface area contributed by atoms with Gasteiger partial charge in [0.15, 0.2) is 11.6 Å². The predicted molar refractivity (Wildman–Crippen MR) is 74.6 cm³/mol. The molecule has 0 fully saturated rings. The van der Waals surface area contributed by atoms with Gasteiger partial charge in [-0.15, -0.1) is 0 Å². The Morgan fingerprint density at radius 2 is 2.05 bits per heavy atom. The van der Waals surface area contributed by atoms with Crippen LogP contribution in [0, 0.1) is 5.82 Å². The number of benzene rings is 1. The van der Waals surface area contributed by atoms with Crippen LogP contribution in [0.5, 0.6) is 0 Å². The molecule has 4 nitrogen and oxygen atoms in total. The minimum Gasteiger partial charge on any atom is -0.380 e. The lowest BCUT2D eigenvalue weighted by molar-refractivity contribution is 0.436. The van der Waals surface area contributed by atoms with Gasteiger partial charge in [-0.25, -0.2) is 4.39 Å². The summed E-state index contributed by atoms with van der Waals surface area (Å²) in [5.41, 5.74) is 7.45. The predicted octanol–water partition coefficient (Wildman–Crippen LogP) is 3.78. The molecule has 0 radical (unpaired) electrons. The SMILES string of the molecule is Nc1noc(-c2ccc(Cl)c(F)c2)c1-c1ccccn1. The lowest BCUT2D eigenvalue weighted by Gasteiger charge is -2.02. The van der Waals surface area contributed by atoms with Gasteiger partial charge in [-0.2, -0.15) is 0 Å². The van der Waals surface area contributed by atoms with Crippen LogP contribution in [0.1, 0.15) is 0 Å². The van der Waals surface area contributed by atoms with Crippen molar-refractivity contribution in [1.29, 1.82) is 0 Å².